The zero-order chi connectivity index (χ0) is 16.5. The average Bonchev–Trinajstić information content (AvgIpc) is 3.18. The van der Waals surface area contributed by atoms with Crippen molar-refractivity contribution in [3.63, 3.8) is 0 Å². The van der Waals surface area contributed by atoms with E-state index in [9.17, 15) is 9.18 Å². The van der Waals surface area contributed by atoms with Gasteiger partial charge in [-0.25, -0.2) is 4.39 Å². The average molecular weight is 333 g/mol. The number of hydrogen-bond donors (Lipinski definition) is 1. The van der Waals surface area contributed by atoms with Gasteiger partial charge in [0.25, 0.3) is 0 Å². The molecule has 3 aliphatic rings. The zero-order valence-electron chi connectivity index (χ0n) is 13.8. The smallest absolute Gasteiger partial charge is 0.244 e. The normalized spacial score (nSPS) is 28.8. The molecule has 130 valence electrons. The number of nitrogens with one attached hydrogen (secondary N) is 1. The fourth-order valence-electron chi connectivity index (χ4n) is 4.23. The van der Waals surface area contributed by atoms with Crippen LogP contribution in [0, 0.1) is 17.7 Å². The molecule has 1 aromatic rings. The predicted octanol–water partition coefficient (Wildman–Crippen LogP) is 0.877. The Morgan fingerprint density at radius 1 is 1.21 bits per heavy atom. The van der Waals surface area contributed by atoms with Gasteiger partial charge < -0.3 is 15.0 Å². The van der Waals surface area contributed by atoms with E-state index >= 15 is 0 Å². The molecule has 3 heterocycles. The quantitative estimate of drug-likeness (QED) is 0.892. The Morgan fingerprint density at radius 2 is 1.92 bits per heavy atom. The van der Waals surface area contributed by atoms with E-state index < -0.39 is 6.04 Å². The molecule has 24 heavy (non-hydrogen) atoms. The van der Waals surface area contributed by atoms with E-state index in [1.54, 1.807) is 6.07 Å². The lowest BCUT2D eigenvalue weighted by molar-refractivity contribution is -0.138. The predicted molar refractivity (Wildman–Crippen MR) is 88.0 cm³/mol. The van der Waals surface area contributed by atoms with Crippen molar-refractivity contribution in [1.82, 2.24) is 15.1 Å². The van der Waals surface area contributed by atoms with Crippen LogP contribution < -0.4 is 5.32 Å². The molecule has 3 fully saturated rings. The van der Waals surface area contributed by atoms with Crippen molar-refractivity contribution in [2.75, 3.05) is 52.5 Å². The highest BCUT2D eigenvalue weighted by molar-refractivity contribution is 5.83. The van der Waals surface area contributed by atoms with Gasteiger partial charge in [-0.2, -0.15) is 0 Å². The van der Waals surface area contributed by atoms with E-state index in [1.165, 1.54) is 12.1 Å². The Hall–Kier alpha value is -1.50. The van der Waals surface area contributed by atoms with Gasteiger partial charge in [-0.3, -0.25) is 9.69 Å². The van der Waals surface area contributed by atoms with E-state index in [-0.39, 0.29) is 11.7 Å². The molecule has 3 atom stereocenters. The molecule has 3 aliphatic heterocycles. The Labute approximate surface area is 141 Å². The number of likely N-dealkylation sites (tertiary alicyclic amines) is 1. The molecule has 0 radical (unpaired) electrons. The first-order chi connectivity index (χ1) is 11.7. The molecular formula is C18H24FN3O2. The van der Waals surface area contributed by atoms with Gasteiger partial charge in [0.05, 0.1) is 13.2 Å². The lowest BCUT2D eigenvalue weighted by Crippen LogP contribution is -2.47. The number of carbonyl (C=O) groups excluding carboxylic acids is 1. The number of fused-ring (bicyclic) bond motifs is 1. The number of rotatable bonds is 3. The van der Waals surface area contributed by atoms with Crippen LogP contribution in [-0.4, -0.2) is 68.2 Å². The van der Waals surface area contributed by atoms with Gasteiger partial charge in [-0.1, -0.05) is 12.1 Å². The molecule has 6 heteroatoms. The van der Waals surface area contributed by atoms with E-state index in [1.807, 2.05) is 11.0 Å². The summed E-state index contributed by atoms with van der Waals surface area (Å²) < 4.78 is 19.2. The number of nitrogens with zero attached hydrogens (tertiary/aromatic N) is 2. The van der Waals surface area contributed by atoms with Crippen molar-refractivity contribution in [3.05, 3.63) is 35.6 Å². The third-order valence-corrected chi connectivity index (χ3v) is 5.51. The van der Waals surface area contributed by atoms with Crippen molar-refractivity contribution in [3.8, 4) is 0 Å². The van der Waals surface area contributed by atoms with E-state index in [4.69, 9.17) is 4.74 Å². The summed E-state index contributed by atoms with van der Waals surface area (Å²) in [5, 5.41) is 3.40. The Bertz CT molecular complexity index is 594. The van der Waals surface area contributed by atoms with E-state index in [0.29, 0.717) is 38.1 Å². The van der Waals surface area contributed by atoms with Crippen LogP contribution in [-0.2, 0) is 9.53 Å². The van der Waals surface area contributed by atoms with E-state index in [0.717, 1.165) is 31.7 Å². The standard InChI is InChI=1S/C18H24FN3O2/c19-16-3-1-2-13(8-16)17(21-4-6-24-7-5-21)18(23)22-11-14-9-20-10-15(14)12-22/h1-3,8,14-15,17,20H,4-7,9-12H2/t14-,15+,17?. The highest BCUT2D eigenvalue weighted by Crippen LogP contribution is 2.31. The van der Waals surface area contributed by atoms with Crippen LogP contribution in [0.2, 0.25) is 0 Å². The number of amides is 1. The topological polar surface area (TPSA) is 44.8 Å². The molecule has 1 aromatic carbocycles. The molecule has 1 unspecified atom stereocenters. The minimum atomic E-state index is -0.406. The number of morpholine rings is 1. The number of ether oxygens (including phenoxy) is 1. The Balaban J connectivity index is 1.58. The summed E-state index contributed by atoms with van der Waals surface area (Å²) in [6.07, 6.45) is 0. The van der Waals surface area contributed by atoms with Gasteiger partial charge in [-0.15, -0.1) is 0 Å². The SMILES string of the molecule is O=C(C(c1cccc(F)c1)N1CCOCC1)N1C[C@H]2CNC[C@H]2C1. The molecule has 0 spiro atoms. The largest absolute Gasteiger partial charge is 0.379 e. The fraction of sp³-hybridized carbons (Fsp3) is 0.611. The molecule has 0 saturated carbocycles. The second kappa shape index (κ2) is 6.78. The van der Waals surface area contributed by atoms with Crippen LogP contribution in [0.1, 0.15) is 11.6 Å². The molecule has 1 N–H and O–H groups in total. The van der Waals surface area contributed by atoms with Crippen molar-refractivity contribution >= 4 is 5.91 Å². The van der Waals surface area contributed by atoms with Crippen molar-refractivity contribution < 1.29 is 13.9 Å². The minimum absolute atomic E-state index is 0.108. The summed E-state index contributed by atoms with van der Waals surface area (Å²) in [5.74, 6) is 0.941. The van der Waals surface area contributed by atoms with Crippen LogP contribution in [0.3, 0.4) is 0 Å². The molecule has 4 rings (SSSR count). The second-order valence-electron chi connectivity index (χ2n) is 7.03. The summed E-state index contributed by atoms with van der Waals surface area (Å²) in [5.41, 5.74) is 0.747. The van der Waals surface area contributed by atoms with Crippen LogP contribution in [0.15, 0.2) is 24.3 Å². The van der Waals surface area contributed by atoms with E-state index in [2.05, 4.69) is 10.2 Å². The molecule has 3 saturated heterocycles. The molecule has 1 amide bonds. The van der Waals surface area contributed by atoms with Gasteiger partial charge in [0.1, 0.15) is 11.9 Å². The first kappa shape index (κ1) is 16.0. The molecule has 0 aliphatic carbocycles. The third kappa shape index (κ3) is 3.06. The van der Waals surface area contributed by atoms with Crippen LogP contribution >= 0.6 is 0 Å². The van der Waals surface area contributed by atoms with Gasteiger partial charge in [0.15, 0.2) is 0 Å². The highest BCUT2D eigenvalue weighted by atomic mass is 19.1. The minimum Gasteiger partial charge on any atom is -0.379 e. The van der Waals surface area contributed by atoms with Gasteiger partial charge in [-0.05, 0) is 29.5 Å². The summed E-state index contributed by atoms with van der Waals surface area (Å²) in [6.45, 7) is 6.26. The van der Waals surface area contributed by atoms with Crippen molar-refractivity contribution in [1.29, 1.82) is 0 Å². The van der Waals surface area contributed by atoms with Gasteiger partial charge >= 0.3 is 0 Å². The number of hydrogen-bond acceptors (Lipinski definition) is 4. The summed E-state index contributed by atoms with van der Waals surface area (Å²) in [7, 11) is 0. The summed E-state index contributed by atoms with van der Waals surface area (Å²) in [4.78, 5) is 17.4. The Morgan fingerprint density at radius 3 is 2.58 bits per heavy atom. The van der Waals surface area contributed by atoms with Gasteiger partial charge in [0.2, 0.25) is 5.91 Å². The lowest BCUT2D eigenvalue weighted by atomic mass is 10.0. The number of carbonyl (C=O) groups is 1. The van der Waals surface area contributed by atoms with Gasteiger partial charge in [0, 0.05) is 39.3 Å². The fourth-order valence-corrected chi connectivity index (χ4v) is 4.23. The highest BCUT2D eigenvalue weighted by Gasteiger charge is 2.41. The third-order valence-electron chi connectivity index (χ3n) is 5.51. The second-order valence-corrected chi connectivity index (χ2v) is 7.03. The first-order valence-electron chi connectivity index (χ1n) is 8.79. The molecule has 0 bridgehead atoms. The van der Waals surface area contributed by atoms with Crippen LogP contribution in [0.25, 0.3) is 0 Å². The van der Waals surface area contributed by atoms with Crippen molar-refractivity contribution in [2.24, 2.45) is 11.8 Å². The summed E-state index contributed by atoms with van der Waals surface area (Å²) in [6, 6.07) is 6.07. The maximum atomic E-state index is 13.7. The maximum absolute atomic E-state index is 13.7. The molecule has 0 aromatic heterocycles. The lowest BCUT2D eigenvalue weighted by Gasteiger charge is -2.36. The first-order valence-corrected chi connectivity index (χ1v) is 8.79. The Kier molecular flexibility index (Phi) is 4.52. The molecule has 5 nitrogen and oxygen atoms in total. The number of halogens is 1. The maximum Gasteiger partial charge on any atom is 0.244 e. The monoisotopic (exact) mass is 333 g/mol. The summed E-state index contributed by atoms with van der Waals surface area (Å²) >= 11 is 0. The van der Waals surface area contributed by atoms with Crippen molar-refractivity contribution in [2.45, 2.75) is 6.04 Å². The van der Waals surface area contributed by atoms with Crippen LogP contribution in [0.5, 0.6) is 0 Å². The molecular weight excluding hydrogens is 309 g/mol. The van der Waals surface area contributed by atoms with Crippen LogP contribution in [0.4, 0.5) is 4.39 Å². The zero-order valence-corrected chi connectivity index (χ0v) is 13.8. The number of benzene rings is 1.